The molecule has 2 aromatic heterocycles. The third-order valence-corrected chi connectivity index (χ3v) is 5.13. The number of hydrogen-bond acceptors (Lipinski definition) is 7. The summed E-state index contributed by atoms with van der Waals surface area (Å²) < 4.78 is 0. The number of anilines is 2. The molecule has 0 radical (unpaired) electrons. The van der Waals surface area contributed by atoms with E-state index in [1.807, 2.05) is 24.6 Å². The first kappa shape index (κ1) is 17.8. The van der Waals surface area contributed by atoms with E-state index in [2.05, 4.69) is 43.9 Å². The summed E-state index contributed by atoms with van der Waals surface area (Å²) in [6.45, 7) is 9.45. The summed E-state index contributed by atoms with van der Waals surface area (Å²) in [7, 11) is 0. The molecule has 7 nitrogen and oxygen atoms in total. The molecule has 3 heterocycles. The van der Waals surface area contributed by atoms with E-state index in [1.54, 1.807) is 6.20 Å². The Morgan fingerprint density at radius 1 is 1.16 bits per heavy atom. The van der Waals surface area contributed by atoms with Crippen LogP contribution in [0.5, 0.6) is 0 Å². The Balaban J connectivity index is 1.56. The van der Waals surface area contributed by atoms with E-state index >= 15 is 0 Å². The second-order valence-corrected chi connectivity index (χ2v) is 7.36. The molecule has 1 unspecified atom stereocenters. The lowest BCUT2D eigenvalue weighted by Gasteiger charge is -2.37. The summed E-state index contributed by atoms with van der Waals surface area (Å²) in [4.78, 5) is 29.9. The molecule has 0 bridgehead atoms. The van der Waals surface area contributed by atoms with Gasteiger partial charge in [-0.15, -0.1) is 11.3 Å². The monoisotopic (exact) mass is 360 g/mol. The van der Waals surface area contributed by atoms with Gasteiger partial charge in [0.2, 0.25) is 11.9 Å². The van der Waals surface area contributed by atoms with Crippen molar-refractivity contribution in [2.24, 2.45) is 0 Å². The molecule has 1 aliphatic heterocycles. The number of carbonyl (C=O) groups excluding carboxylic acids is 1. The van der Waals surface area contributed by atoms with Gasteiger partial charge in [0.1, 0.15) is 0 Å². The van der Waals surface area contributed by atoms with Crippen molar-refractivity contribution in [3.63, 3.8) is 0 Å². The second kappa shape index (κ2) is 7.88. The lowest BCUT2D eigenvalue weighted by Crippen LogP contribution is -2.53. The standard InChI is InChI=1S/C17H24N6OS/c1-12(2)14-4-5-18-16(20-14)23-9-7-22(8-10-23)13(3)15(24)21-17-19-6-11-25-17/h4-6,11-13H,7-10H2,1-3H3,(H,19,21,24). The summed E-state index contributed by atoms with van der Waals surface area (Å²) in [5.74, 6) is 1.16. The topological polar surface area (TPSA) is 74.2 Å². The minimum Gasteiger partial charge on any atom is -0.338 e. The molecule has 0 saturated carbocycles. The molecule has 1 fully saturated rings. The molecule has 1 aliphatic rings. The quantitative estimate of drug-likeness (QED) is 0.881. The van der Waals surface area contributed by atoms with Crippen molar-refractivity contribution in [3.05, 3.63) is 29.5 Å². The van der Waals surface area contributed by atoms with E-state index in [9.17, 15) is 4.79 Å². The largest absolute Gasteiger partial charge is 0.338 e. The number of piperazine rings is 1. The number of nitrogens with one attached hydrogen (secondary N) is 1. The zero-order valence-electron chi connectivity index (χ0n) is 14.8. The normalized spacial score (nSPS) is 16.9. The molecule has 25 heavy (non-hydrogen) atoms. The Labute approximate surface area is 152 Å². The number of nitrogens with zero attached hydrogens (tertiary/aromatic N) is 5. The zero-order chi connectivity index (χ0) is 17.8. The van der Waals surface area contributed by atoms with Gasteiger partial charge in [0, 0.05) is 49.6 Å². The van der Waals surface area contributed by atoms with Gasteiger partial charge in [-0.1, -0.05) is 13.8 Å². The summed E-state index contributed by atoms with van der Waals surface area (Å²) in [6.07, 6.45) is 3.52. The molecule has 1 N–H and O–H groups in total. The number of hydrogen-bond donors (Lipinski definition) is 1. The van der Waals surface area contributed by atoms with Gasteiger partial charge in [0.25, 0.3) is 0 Å². The minimum atomic E-state index is -0.186. The Morgan fingerprint density at radius 3 is 2.56 bits per heavy atom. The van der Waals surface area contributed by atoms with Crippen LogP contribution in [0.1, 0.15) is 32.4 Å². The minimum absolute atomic E-state index is 0.0125. The summed E-state index contributed by atoms with van der Waals surface area (Å²) in [5.41, 5.74) is 1.06. The first-order valence-electron chi connectivity index (χ1n) is 8.57. The fourth-order valence-corrected chi connectivity index (χ4v) is 3.34. The molecule has 0 spiro atoms. The van der Waals surface area contributed by atoms with Crippen molar-refractivity contribution in [2.45, 2.75) is 32.7 Å². The average molecular weight is 360 g/mol. The van der Waals surface area contributed by atoms with Crippen LogP contribution in [0.15, 0.2) is 23.8 Å². The van der Waals surface area contributed by atoms with Crippen LogP contribution < -0.4 is 10.2 Å². The zero-order valence-corrected chi connectivity index (χ0v) is 15.7. The van der Waals surface area contributed by atoms with E-state index in [1.165, 1.54) is 11.3 Å². The van der Waals surface area contributed by atoms with Crippen LogP contribution in [-0.2, 0) is 4.79 Å². The van der Waals surface area contributed by atoms with Gasteiger partial charge < -0.3 is 10.2 Å². The maximum absolute atomic E-state index is 12.4. The summed E-state index contributed by atoms with van der Waals surface area (Å²) in [5, 5.41) is 5.37. The predicted molar refractivity (Wildman–Crippen MR) is 100 cm³/mol. The first-order chi connectivity index (χ1) is 12.0. The van der Waals surface area contributed by atoms with Gasteiger partial charge in [-0.25, -0.2) is 15.0 Å². The van der Waals surface area contributed by atoms with Crippen molar-refractivity contribution in [1.29, 1.82) is 0 Å². The van der Waals surface area contributed by atoms with E-state index in [4.69, 9.17) is 0 Å². The molecule has 3 rings (SSSR count). The Hall–Kier alpha value is -2.06. The van der Waals surface area contributed by atoms with Crippen molar-refractivity contribution in [2.75, 3.05) is 36.4 Å². The van der Waals surface area contributed by atoms with E-state index in [0.29, 0.717) is 11.0 Å². The Bertz CT molecular complexity index is 697. The van der Waals surface area contributed by atoms with Crippen molar-refractivity contribution >= 4 is 28.3 Å². The highest BCUT2D eigenvalue weighted by Crippen LogP contribution is 2.17. The predicted octanol–water partition coefficient (Wildman–Crippen LogP) is 2.21. The van der Waals surface area contributed by atoms with Gasteiger partial charge in [-0.05, 0) is 18.9 Å². The third-order valence-electron chi connectivity index (χ3n) is 4.44. The molecule has 0 aromatic carbocycles. The van der Waals surface area contributed by atoms with Gasteiger partial charge >= 0.3 is 0 Å². The SMILES string of the molecule is CC(C)c1ccnc(N2CCN(C(C)C(=O)Nc3nccs3)CC2)n1. The highest BCUT2D eigenvalue weighted by molar-refractivity contribution is 7.13. The number of rotatable bonds is 5. The molecular formula is C17H24N6OS. The van der Waals surface area contributed by atoms with Crippen molar-refractivity contribution < 1.29 is 4.79 Å². The van der Waals surface area contributed by atoms with Crippen LogP contribution in [0.25, 0.3) is 0 Å². The van der Waals surface area contributed by atoms with Crippen molar-refractivity contribution in [3.8, 4) is 0 Å². The van der Waals surface area contributed by atoms with E-state index < -0.39 is 0 Å². The molecular weight excluding hydrogens is 336 g/mol. The molecule has 2 aromatic rings. The molecule has 1 amide bonds. The van der Waals surface area contributed by atoms with Gasteiger partial charge in [-0.2, -0.15) is 0 Å². The van der Waals surface area contributed by atoms with Crippen LogP contribution >= 0.6 is 11.3 Å². The van der Waals surface area contributed by atoms with Crippen LogP contribution in [0, 0.1) is 0 Å². The fraction of sp³-hybridized carbons (Fsp3) is 0.529. The lowest BCUT2D eigenvalue weighted by atomic mass is 10.1. The summed E-state index contributed by atoms with van der Waals surface area (Å²) >= 11 is 1.43. The number of thiazole rings is 1. The van der Waals surface area contributed by atoms with Gasteiger partial charge in [-0.3, -0.25) is 9.69 Å². The number of carbonyl (C=O) groups is 1. The molecule has 1 atom stereocenters. The van der Waals surface area contributed by atoms with Crippen LogP contribution in [0.2, 0.25) is 0 Å². The fourth-order valence-electron chi connectivity index (χ4n) is 2.81. The number of amides is 1. The molecule has 0 aliphatic carbocycles. The van der Waals surface area contributed by atoms with Crippen LogP contribution in [0.4, 0.5) is 11.1 Å². The van der Waals surface area contributed by atoms with E-state index in [-0.39, 0.29) is 11.9 Å². The highest BCUT2D eigenvalue weighted by Gasteiger charge is 2.27. The first-order valence-corrected chi connectivity index (χ1v) is 9.45. The molecule has 8 heteroatoms. The smallest absolute Gasteiger partial charge is 0.243 e. The second-order valence-electron chi connectivity index (χ2n) is 6.46. The average Bonchev–Trinajstić information content (AvgIpc) is 3.14. The molecule has 1 saturated heterocycles. The maximum atomic E-state index is 12.4. The third kappa shape index (κ3) is 4.32. The number of aromatic nitrogens is 3. The van der Waals surface area contributed by atoms with Gasteiger partial charge in [0.15, 0.2) is 5.13 Å². The van der Waals surface area contributed by atoms with Gasteiger partial charge in [0.05, 0.1) is 6.04 Å². The Kier molecular flexibility index (Phi) is 5.60. The van der Waals surface area contributed by atoms with Crippen molar-refractivity contribution in [1.82, 2.24) is 19.9 Å². The van der Waals surface area contributed by atoms with Crippen LogP contribution in [0.3, 0.4) is 0 Å². The van der Waals surface area contributed by atoms with Crippen LogP contribution in [-0.4, -0.2) is 58.0 Å². The lowest BCUT2D eigenvalue weighted by molar-refractivity contribution is -0.120. The maximum Gasteiger partial charge on any atom is 0.243 e. The highest BCUT2D eigenvalue weighted by atomic mass is 32.1. The Morgan fingerprint density at radius 2 is 1.92 bits per heavy atom. The summed E-state index contributed by atoms with van der Waals surface area (Å²) in [6, 6.07) is 1.78. The molecule has 134 valence electrons. The van der Waals surface area contributed by atoms with E-state index in [0.717, 1.165) is 37.8 Å².